The standard InChI is InChI=1S/C11H10F2N2O/c1-3-7(2)11(16)15-10-5-4-8(13)9(6-12)14-10/h3-5H,1-2,6H2,(H,14,15,16). The fraction of sp³-hybridized carbons (Fsp3) is 0.0909. The van der Waals surface area contributed by atoms with E-state index in [4.69, 9.17) is 0 Å². The van der Waals surface area contributed by atoms with Gasteiger partial charge in [-0.1, -0.05) is 19.2 Å². The zero-order chi connectivity index (χ0) is 12.1. The number of nitrogens with one attached hydrogen (secondary N) is 1. The minimum Gasteiger partial charge on any atom is -0.307 e. The molecule has 0 aromatic carbocycles. The Morgan fingerprint density at radius 3 is 2.81 bits per heavy atom. The molecule has 16 heavy (non-hydrogen) atoms. The highest BCUT2D eigenvalue weighted by molar-refractivity contribution is 6.04. The summed E-state index contributed by atoms with van der Waals surface area (Å²) in [5.41, 5.74) is -0.199. The molecule has 0 unspecified atom stereocenters. The molecule has 0 aliphatic carbocycles. The van der Waals surface area contributed by atoms with Crippen LogP contribution in [0, 0.1) is 5.82 Å². The summed E-state index contributed by atoms with van der Waals surface area (Å²) >= 11 is 0. The molecule has 84 valence electrons. The first kappa shape index (κ1) is 12.0. The summed E-state index contributed by atoms with van der Waals surface area (Å²) in [4.78, 5) is 14.9. The summed E-state index contributed by atoms with van der Waals surface area (Å²) in [7, 11) is 0. The molecule has 0 saturated carbocycles. The van der Waals surface area contributed by atoms with Crippen molar-refractivity contribution in [2.24, 2.45) is 0 Å². The number of aromatic nitrogens is 1. The van der Waals surface area contributed by atoms with E-state index in [1.807, 2.05) is 0 Å². The lowest BCUT2D eigenvalue weighted by Crippen LogP contribution is -2.14. The van der Waals surface area contributed by atoms with E-state index in [9.17, 15) is 13.6 Å². The van der Waals surface area contributed by atoms with Gasteiger partial charge in [0, 0.05) is 5.57 Å². The average molecular weight is 224 g/mol. The van der Waals surface area contributed by atoms with Crippen LogP contribution in [0.2, 0.25) is 0 Å². The number of carbonyl (C=O) groups is 1. The number of amides is 1. The molecule has 0 spiro atoms. The van der Waals surface area contributed by atoms with Crippen molar-refractivity contribution in [3.8, 4) is 0 Å². The Kier molecular flexibility index (Phi) is 3.88. The van der Waals surface area contributed by atoms with Crippen LogP contribution in [0.4, 0.5) is 14.6 Å². The van der Waals surface area contributed by atoms with Gasteiger partial charge in [-0.25, -0.2) is 13.8 Å². The zero-order valence-corrected chi connectivity index (χ0v) is 8.46. The molecule has 0 fully saturated rings. The maximum Gasteiger partial charge on any atom is 0.256 e. The quantitative estimate of drug-likeness (QED) is 0.630. The lowest BCUT2D eigenvalue weighted by atomic mass is 10.3. The van der Waals surface area contributed by atoms with Crippen molar-refractivity contribution >= 4 is 11.7 Å². The monoisotopic (exact) mass is 224 g/mol. The van der Waals surface area contributed by atoms with Crippen molar-refractivity contribution in [1.29, 1.82) is 0 Å². The van der Waals surface area contributed by atoms with E-state index in [2.05, 4.69) is 23.5 Å². The third-order valence-corrected chi connectivity index (χ3v) is 1.82. The van der Waals surface area contributed by atoms with Crippen LogP contribution in [-0.2, 0) is 11.5 Å². The smallest absolute Gasteiger partial charge is 0.256 e. The Morgan fingerprint density at radius 1 is 1.56 bits per heavy atom. The molecular weight excluding hydrogens is 214 g/mol. The van der Waals surface area contributed by atoms with Crippen molar-refractivity contribution in [2.45, 2.75) is 6.67 Å². The van der Waals surface area contributed by atoms with Crippen LogP contribution in [0.25, 0.3) is 0 Å². The molecule has 0 radical (unpaired) electrons. The van der Waals surface area contributed by atoms with Gasteiger partial charge in [0.15, 0.2) is 0 Å². The predicted octanol–water partition coefficient (Wildman–Crippen LogP) is 2.37. The topological polar surface area (TPSA) is 42.0 Å². The second kappa shape index (κ2) is 5.16. The van der Waals surface area contributed by atoms with Crippen molar-refractivity contribution in [3.63, 3.8) is 0 Å². The lowest BCUT2D eigenvalue weighted by Gasteiger charge is -2.05. The Labute approximate surface area is 91.5 Å². The van der Waals surface area contributed by atoms with E-state index in [-0.39, 0.29) is 17.1 Å². The second-order valence-corrected chi connectivity index (χ2v) is 2.94. The van der Waals surface area contributed by atoms with Gasteiger partial charge < -0.3 is 5.32 Å². The van der Waals surface area contributed by atoms with Gasteiger partial charge in [0.1, 0.15) is 24.0 Å². The van der Waals surface area contributed by atoms with Crippen molar-refractivity contribution in [3.05, 3.63) is 48.5 Å². The zero-order valence-electron chi connectivity index (χ0n) is 8.46. The summed E-state index contributed by atoms with van der Waals surface area (Å²) < 4.78 is 25.2. The Bertz CT molecular complexity index is 444. The number of nitrogens with zero attached hydrogens (tertiary/aromatic N) is 1. The van der Waals surface area contributed by atoms with Crippen molar-refractivity contribution < 1.29 is 13.6 Å². The number of hydrogen-bond acceptors (Lipinski definition) is 2. The fourth-order valence-corrected chi connectivity index (χ4v) is 0.937. The SMILES string of the molecule is C=CC(=C)C(=O)Nc1ccc(F)c(CF)n1. The van der Waals surface area contributed by atoms with E-state index < -0.39 is 18.4 Å². The molecule has 0 aliphatic heterocycles. The molecule has 5 heteroatoms. The van der Waals surface area contributed by atoms with Crippen molar-refractivity contribution in [2.75, 3.05) is 5.32 Å². The number of alkyl halides is 1. The second-order valence-electron chi connectivity index (χ2n) is 2.94. The van der Waals surface area contributed by atoms with E-state index in [0.29, 0.717) is 0 Å². The number of pyridine rings is 1. The van der Waals surface area contributed by atoms with Crippen LogP contribution < -0.4 is 5.32 Å². The summed E-state index contributed by atoms with van der Waals surface area (Å²) in [6.07, 6.45) is 1.27. The Morgan fingerprint density at radius 2 is 2.25 bits per heavy atom. The molecule has 1 aromatic heterocycles. The number of carbonyl (C=O) groups excluding carboxylic acids is 1. The van der Waals surface area contributed by atoms with E-state index in [1.54, 1.807) is 0 Å². The normalized spacial score (nSPS) is 9.62. The van der Waals surface area contributed by atoms with Crippen LogP contribution in [0.5, 0.6) is 0 Å². The Hall–Kier alpha value is -2.04. The third kappa shape index (κ3) is 2.73. The van der Waals surface area contributed by atoms with Gasteiger partial charge in [-0.3, -0.25) is 4.79 Å². The third-order valence-electron chi connectivity index (χ3n) is 1.82. The molecule has 0 saturated heterocycles. The minimum absolute atomic E-state index is 0.0713. The van der Waals surface area contributed by atoms with Gasteiger partial charge in [0.05, 0.1) is 0 Å². The molecule has 0 bridgehead atoms. The maximum absolute atomic E-state index is 12.9. The van der Waals surface area contributed by atoms with Crippen LogP contribution >= 0.6 is 0 Å². The predicted molar refractivity (Wildman–Crippen MR) is 57.0 cm³/mol. The molecule has 0 atom stereocenters. The first-order valence-corrected chi connectivity index (χ1v) is 4.42. The first-order valence-electron chi connectivity index (χ1n) is 4.42. The van der Waals surface area contributed by atoms with Gasteiger partial charge in [0.2, 0.25) is 0 Å². The summed E-state index contributed by atoms with van der Waals surface area (Å²) in [6.45, 7) is 5.76. The van der Waals surface area contributed by atoms with Gasteiger partial charge in [0.25, 0.3) is 5.91 Å². The van der Waals surface area contributed by atoms with Crippen LogP contribution in [0.3, 0.4) is 0 Å². The Balaban J connectivity index is 2.86. The highest BCUT2D eigenvalue weighted by Crippen LogP contribution is 2.11. The van der Waals surface area contributed by atoms with Gasteiger partial charge in [-0.05, 0) is 12.1 Å². The summed E-state index contributed by atoms with van der Waals surface area (Å²) in [5.74, 6) is -1.19. The maximum atomic E-state index is 12.9. The number of anilines is 1. The van der Waals surface area contributed by atoms with Crippen LogP contribution in [-0.4, -0.2) is 10.9 Å². The van der Waals surface area contributed by atoms with Crippen molar-refractivity contribution in [1.82, 2.24) is 4.98 Å². The van der Waals surface area contributed by atoms with E-state index in [1.165, 1.54) is 12.1 Å². The minimum atomic E-state index is -1.03. The molecule has 3 nitrogen and oxygen atoms in total. The molecule has 1 heterocycles. The number of hydrogen-bond donors (Lipinski definition) is 1. The molecule has 1 N–H and O–H groups in total. The summed E-state index contributed by atoms with van der Waals surface area (Å²) in [5, 5.41) is 2.34. The van der Waals surface area contributed by atoms with Crippen LogP contribution in [0.1, 0.15) is 5.69 Å². The molecular formula is C11H10F2N2O. The lowest BCUT2D eigenvalue weighted by molar-refractivity contribution is -0.112. The van der Waals surface area contributed by atoms with Crippen LogP contribution in [0.15, 0.2) is 36.9 Å². The average Bonchev–Trinajstić information content (AvgIpc) is 2.30. The molecule has 0 aliphatic rings. The number of halogens is 2. The highest BCUT2D eigenvalue weighted by Gasteiger charge is 2.08. The van der Waals surface area contributed by atoms with Gasteiger partial charge in [-0.2, -0.15) is 0 Å². The summed E-state index contributed by atoms with van der Waals surface area (Å²) in [6, 6.07) is 2.27. The van der Waals surface area contributed by atoms with Gasteiger partial charge >= 0.3 is 0 Å². The molecule has 1 amide bonds. The molecule has 1 aromatic rings. The first-order chi connectivity index (χ1) is 7.58. The van der Waals surface area contributed by atoms with E-state index >= 15 is 0 Å². The van der Waals surface area contributed by atoms with Gasteiger partial charge in [-0.15, -0.1) is 0 Å². The van der Waals surface area contributed by atoms with E-state index in [0.717, 1.165) is 6.07 Å². The molecule has 1 rings (SSSR count). The number of rotatable bonds is 4. The largest absolute Gasteiger partial charge is 0.307 e. The highest BCUT2D eigenvalue weighted by atomic mass is 19.1. The fourth-order valence-electron chi connectivity index (χ4n) is 0.937.